The first-order valence-electron chi connectivity index (χ1n) is 12.9. The normalized spacial score (nSPS) is 11.3. The zero-order chi connectivity index (χ0) is 29.0. The molecule has 4 aromatic rings. The molecule has 9 heteroatoms. The van der Waals surface area contributed by atoms with Gasteiger partial charge in [0.1, 0.15) is 10.6 Å². The van der Waals surface area contributed by atoms with Crippen molar-refractivity contribution in [2.75, 3.05) is 18.2 Å². The standard InChI is InChI=1S/C31H34N4O3S2/c1-8-15-35-27(21-11-13-22(14-12-21)31(4,5)6)33-34-30(35)40-18-25(36)32-28-26(29(37)38-7)24(17-39-28)23-16-19(2)9-10-20(23)3/h8-14,16-17H,1,15,18H2,2-7H3,(H,32,36). The summed E-state index contributed by atoms with van der Waals surface area (Å²) in [7, 11) is 1.34. The largest absolute Gasteiger partial charge is 0.465 e. The second-order valence-electron chi connectivity index (χ2n) is 10.5. The van der Waals surface area contributed by atoms with E-state index in [2.05, 4.69) is 55.0 Å². The lowest BCUT2D eigenvalue weighted by Gasteiger charge is -2.19. The van der Waals surface area contributed by atoms with E-state index < -0.39 is 5.97 Å². The Morgan fingerprint density at radius 1 is 1.10 bits per heavy atom. The van der Waals surface area contributed by atoms with Gasteiger partial charge in [-0.15, -0.1) is 28.1 Å². The third-order valence-corrected chi connectivity index (χ3v) is 8.35. The average molecular weight is 575 g/mol. The molecular formula is C31H34N4O3S2. The molecule has 0 aliphatic carbocycles. The molecule has 40 heavy (non-hydrogen) atoms. The summed E-state index contributed by atoms with van der Waals surface area (Å²) in [6.07, 6.45) is 1.78. The molecule has 0 bridgehead atoms. The van der Waals surface area contributed by atoms with E-state index >= 15 is 0 Å². The zero-order valence-electron chi connectivity index (χ0n) is 23.7. The number of methoxy groups -OCH3 is 1. The van der Waals surface area contributed by atoms with Gasteiger partial charge in [-0.05, 0) is 36.0 Å². The predicted molar refractivity (Wildman–Crippen MR) is 164 cm³/mol. The Bertz CT molecular complexity index is 1550. The highest BCUT2D eigenvalue weighted by molar-refractivity contribution is 7.99. The second kappa shape index (κ2) is 12.2. The van der Waals surface area contributed by atoms with Crippen LogP contribution in [-0.4, -0.2) is 39.5 Å². The summed E-state index contributed by atoms with van der Waals surface area (Å²) in [5.41, 5.74) is 6.38. The molecule has 0 saturated heterocycles. The van der Waals surface area contributed by atoms with Gasteiger partial charge in [0.2, 0.25) is 5.91 Å². The van der Waals surface area contributed by atoms with Crippen molar-refractivity contribution in [1.29, 1.82) is 0 Å². The number of nitrogens with one attached hydrogen (secondary N) is 1. The Morgan fingerprint density at radius 3 is 2.48 bits per heavy atom. The lowest BCUT2D eigenvalue weighted by molar-refractivity contribution is -0.113. The molecule has 1 N–H and O–H groups in total. The first-order chi connectivity index (χ1) is 19.0. The van der Waals surface area contributed by atoms with Crippen LogP contribution >= 0.6 is 23.1 Å². The number of esters is 1. The van der Waals surface area contributed by atoms with Crippen LogP contribution < -0.4 is 5.32 Å². The summed E-state index contributed by atoms with van der Waals surface area (Å²) >= 11 is 2.59. The van der Waals surface area contributed by atoms with Gasteiger partial charge in [0.05, 0.1) is 12.9 Å². The molecule has 208 valence electrons. The fourth-order valence-electron chi connectivity index (χ4n) is 4.29. The number of benzene rings is 2. The van der Waals surface area contributed by atoms with Crippen molar-refractivity contribution < 1.29 is 14.3 Å². The van der Waals surface area contributed by atoms with Crippen molar-refractivity contribution in [3.63, 3.8) is 0 Å². The number of aryl methyl sites for hydroxylation is 2. The van der Waals surface area contributed by atoms with Crippen LogP contribution in [0.1, 0.15) is 47.8 Å². The number of nitrogens with zero attached hydrogens (tertiary/aromatic N) is 3. The molecule has 4 rings (SSSR count). The second-order valence-corrected chi connectivity index (χ2v) is 12.4. The smallest absolute Gasteiger partial charge is 0.341 e. The fraction of sp³-hybridized carbons (Fsp3) is 0.290. The maximum Gasteiger partial charge on any atom is 0.341 e. The van der Waals surface area contributed by atoms with E-state index in [0.29, 0.717) is 28.1 Å². The first kappa shape index (κ1) is 29.3. The van der Waals surface area contributed by atoms with E-state index in [1.165, 1.54) is 35.8 Å². The fourth-order valence-corrected chi connectivity index (χ4v) is 6.01. The molecule has 2 heterocycles. The van der Waals surface area contributed by atoms with Gasteiger partial charge in [-0.3, -0.25) is 9.36 Å². The molecule has 0 unspecified atom stereocenters. The van der Waals surface area contributed by atoms with E-state index in [-0.39, 0.29) is 17.1 Å². The molecule has 2 aromatic carbocycles. The summed E-state index contributed by atoms with van der Waals surface area (Å²) < 4.78 is 7.02. The molecule has 0 aliphatic rings. The van der Waals surface area contributed by atoms with Gasteiger partial charge in [-0.25, -0.2) is 4.79 Å². The number of anilines is 1. The maximum absolute atomic E-state index is 13.0. The molecule has 0 saturated carbocycles. The van der Waals surface area contributed by atoms with Crippen LogP contribution in [0.5, 0.6) is 0 Å². The van der Waals surface area contributed by atoms with Gasteiger partial charge < -0.3 is 10.1 Å². The van der Waals surface area contributed by atoms with Crippen molar-refractivity contribution in [3.8, 4) is 22.5 Å². The highest BCUT2D eigenvalue weighted by Crippen LogP contribution is 2.38. The topological polar surface area (TPSA) is 86.1 Å². The number of thiophene rings is 1. The van der Waals surface area contributed by atoms with Gasteiger partial charge in [0.15, 0.2) is 11.0 Å². The Kier molecular flexibility index (Phi) is 8.95. The van der Waals surface area contributed by atoms with Gasteiger partial charge in [-0.1, -0.05) is 86.6 Å². The number of rotatable bonds is 9. The number of carbonyl (C=O) groups excluding carboxylic acids is 2. The molecule has 0 atom stereocenters. The molecule has 1 amide bonds. The van der Waals surface area contributed by atoms with Gasteiger partial charge in [0.25, 0.3) is 0 Å². The predicted octanol–water partition coefficient (Wildman–Crippen LogP) is 7.29. The van der Waals surface area contributed by atoms with Crippen LogP contribution in [-0.2, 0) is 21.5 Å². The summed E-state index contributed by atoms with van der Waals surface area (Å²) in [5, 5.41) is 14.6. The lowest BCUT2D eigenvalue weighted by Crippen LogP contribution is -2.16. The molecule has 0 fully saturated rings. The Morgan fingerprint density at radius 2 is 1.82 bits per heavy atom. The van der Waals surface area contributed by atoms with Crippen LogP contribution in [0.3, 0.4) is 0 Å². The van der Waals surface area contributed by atoms with Crippen molar-refractivity contribution in [2.24, 2.45) is 0 Å². The van der Waals surface area contributed by atoms with Crippen LogP contribution in [0.15, 0.2) is 65.7 Å². The Labute approximate surface area is 243 Å². The van der Waals surface area contributed by atoms with Crippen molar-refractivity contribution >= 4 is 40.0 Å². The number of aromatic nitrogens is 3. The van der Waals surface area contributed by atoms with E-state index in [0.717, 1.165) is 27.8 Å². The highest BCUT2D eigenvalue weighted by Gasteiger charge is 2.24. The Balaban J connectivity index is 1.53. The third kappa shape index (κ3) is 6.37. The van der Waals surface area contributed by atoms with Gasteiger partial charge in [-0.2, -0.15) is 0 Å². The SMILES string of the molecule is C=CCn1c(SCC(=O)Nc2scc(-c3cc(C)ccc3C)c2C(=O)OC)nnc1-c1ccc(C(C)(C)C)cc1. The zero-order valence-corrected chi connectivity index (χ0v) is 25.3. The van der Waals surface area contributed by atoms with Crippen molar-refractivity contribution in [1.82, 2.24) is 14.8 Å². The number of amides is 1. The molecule has 0 aliphatic heterocycles. The first-order valence-corrected chi connectivity index (χ1v) is 14.7. The maximum atomic E-state index is 13.0. The van der Waals surface area contributed by atoms with E-state index in [9.17, 15) is 9.59 Å². The monoisotopic (exact) mass is 574 g/mol. The summed E-state index contributed by atoms with van der Waals surface area (Å²) in [6.45, 7) is 14.9. The number of hydrogen-bond donors (Lipinski definition) is 1. The third-order valence-electron chi connectivity index (χ3n) is 6.49. The summed E-state index contributed by atoms with van der Waals surface area (Å²) in [4.78, 5) is 25.8. The van der Waals surface area contributed by atoms with E-state index in [1.54, 1.807) is 6.08 Å². The highest BCUT2D eigenvalue weighted by atomic mass is 32.2. The number of thioether (sulfide) groups is 1. The van der Waals surface area contributed by atoms with Crippen LogP contribution in [0.2, 0.25) is 0 Å². The molecule has 0 spiro atoms. The summed E-state index contributed by atoms with van der Waals surface area (Å²) in [5.74, 6) is 0.0598. The summed E-state index contributed by atoms with van der Waals surface area (Å²) in [6, 6.07) is 14.4. The number of carbonyl (C=O) groups is 2. The number of allylic oxidation sites excluding steroid dienone is 1. The van der Waals surface area contributed by atoms with E-state index in [4.69, 9.17) is 4.74 Å². The molecule has 2 aromatic heterocycles. The average Bonchev–Trinajstić information content (AvgIpc) is 3.52. The number of ether oxygens (including phenoxy) is 1. The molecular weight excluding hydrogens is 541 g/mol. The lowest BCUT2D eigenvalue weighted by atomic mass is 9.87. The van der Waals surface area contributed by atoms with Crippen LogP contribution in [0.4, 0.5) is 5.00 Å². The van der Waals surface area contributed by atoms with Crippen LogP contribution in [0.25, 0.3) is 22.5 Å². The van der Waals surface area contributed by atoms with E-state index in [1.807, 2.05) is 54.1 Å². The van der Waals surface area contributed by atoms with Crippen LogP contribution in [0, 0.1) is 13.8 Å². The molecule has 7 nitrogen and oxygen atoms in total. The minimum atomic E-state index is -0.493. The van der Waals surface area contributed by atoms with Gasteiger partial charge in [0, 0.05) is 23.1 Å². The van der Waals surface area contributed by atoms with Gasteiger partial charge >= 0.3 is 5.97 Å². The van der Waals surface area contributed by atoms with Crippen molar-refractivity contribution in [3.05, 3.63) is 82.8 Å². The Hall–Kier alpha value is -3.69. The minimum absolute atomic E-state index is 0.0532. The minimum Gasteiger partial charge on any atom is -0.465 e. The van der Waals surface area contributed by atoms with Crippen molar-refractivity contribution in [2.45, 2.75) is 51.7 Å². The number of hydrogen-bond acceptors (Lipinski definition) is 7. The molecule has 0 radical (unpaired) electrons. The quantitative estimate of drug-likeness (QED) is 0.128.